The third-order valence-corrected chi connectivity index (χ3v) is 4.18. The zero-order chi connectivity index (χ0) is 12.5. The third kappa shape index (κ3) is 1.81. The fourth-order valence-electron chi connectivity index (χ4n) is 2.10. The molecular formula is C15H12O2S. The number of hydrogen-bond acceptors (Lipinski definition) is 3. The SMILES string of the molecule is COc1ccc2c(c1)SCc1ccccc1C2=O. The van der Waals surface area contributed by atoms with Crippen molar-refractivity contribution < 1.29 is 9.53 Å². The first-order valence-electron chi connectivity index (χ1n) is 5.73. The van der Waals surface area contributed by atoms with Crippen molar-refractivity contribution in [2.75, 3.05) is 7.11 Å². The largest absolute Gasteiger partial charge is 0.497 e. The van der Waals surface area contributed by atoms with E-state index in [9.17, 15) is 4.79 Å². The molecular weight excluding hydrogens is 244 g/mol. The van der Waals surface area contributed by atoms with E-state index in [1.54, 1.807) is 18.9 Å². The van der Waals surface area contributed by atoms with E-state index in [1.807, 2.05) is 42.5 Å². The minimum Gasteiger partial charge on any atom is -0.497 e. The van der Waals surface area contributed by atoms with Gasteiger partial charge in [-0.1, -0.05) is 24.3 Å². The molecule has 0 aliphatic carbocycles. The molecule has 0 atom stereocenters. The average molecular weight is 256 g/mol. The maximum atomic E-state index is 12.5. The van der Waals surface area contributed by atoms with Gasteiger partial charge in [-0.25, -0.2) is 0 Å². The highest BCUT2D eigenvalue weighted by Gasteiger charge is 2.21. The Morgan fingerprint density at radius 1 is 1.11 bits per heavy atom. The lowest BCUT2D eigenvalue weighted by Gasteiger charge is -2.06. The van der Waals surface area contributed by atoms with Gasteiger partial charge < -0.3 is 4.74 Å². The maximum absolute atomic E-state index is 12.5. The fraction of sp³-hybridized carbons (Fsp3) is 0.133. The van der Waals surface area contributed by atoms with Crippen molar-refractivity contribution in [2.45, 2.75) is 10.6 Å². The number of carbonyl (C=O) groups excluding carboxylic acids is 1. The van der Waals surface area contributed by atoms with Gasteiger partial charge in [0.05, 0.1) is 7.11 Å². The van der Waals surface area contributed by atoms with Gasteiger partial charge in [0.25, 0.3) is 0 Å². The maximum Gasteiger partial charge on any atom is 0.194 e. The molecule has 0 unspecified atom stereocenters. The Hall–Kier alpha value is -1.74. The van der Waals surface area contributed by atoms with Crippen LogP contribution in [0.4, 0.5) is 0 Å². The fourth-order valence-corrected chi connectivity index (χ4v) is 3.18. The minimum absolute atomic E-state index is 0.105. The number of ketones is 1. The number of fused-ring (bicyclic) bond motifs is 2. The van der Waals surface area contributed by atoms with Gasteiger partial charge in [-0.05, 0) is 23.8 Å². The molecule has 0 bridgehead atoms. The number of ether oxygens (including phenoxy) is 1. The second-order valence-corrected chi connectivity index (χ2v) is 5.15. The summed E-state index contributed by atoms with van der Waals surface area (Å²) < 4.78 is 5.21. The summed E-state index contributed by atoms with van der Waals surface area (Å²) in [6, 6.07) is 13.4. The number of hydrogen-bond donors (Lipinski definition) is 0. The van der Waals surface area contributed by atoms with Crippen molar-refractivity contribution in [2.24, 2.45) is 0 Å². The number of methoxy groups -OCH3 is 1. The van der Waals surface area contributed by atoms with Crippen LogP contribution < -0.4 is 4.74 Å². The molecule has 3 heteroatoms. The lowest BCUT2D eigenvalue weighted by Crippen LogP contribution is -2.03. The predicted octanol–water partition coefficient (Wildman–Crippen LogP) is 3.53. The summed E-state index contributed by atoms with van der Waals surface area (Å²) >= 11 is 1.68. The summed E-state index contributed by atoms with van der Waals surface area (Å²) in [6.45, 7) is 0. The standard InChI is InChI=1S/C15H12O2S/c1-17-11-6-7-13-14(8-11)18-9-10-4-2-3-5-12(10)15(13)16/h2-8H,9H2,1H3. The monoisotopic (exact) mass is 256 g/mol. The summed E-state index contributed by atoms with van der Waals surface area (Å²) in [4.78, 5) is 13.5. The van der Waals surface area contributed by atoms with E-state index in [1.165, 1.54) is 0 Å². The summed E-state index contributed by atoms with van der Waals surface area (Å²) in [6.07, 6.45) is 0. The molecule has 3 rings (SSSR count). The highest BCUT2D eigenvalue weighted by molar-refractivity contribution is 7.98. The molecule has 1 aliphatic rings. The third-order valence-electron chi connectivity index (χ3n) is 3.08. The second-order valence-electron chi connectivity index (χ2n) is 4.14. The molecule has 0 N–H and O–H groups in total. The van der Waals surface area contributed by atoms with Crippen LogP contribution in [0.25, 0.3) is 0 Å². The normalized spacial score (nSPS) is 13.5. The van der Waals surface area contributed by atoms with Gasteiger partial charge in [0.2, 0.25) is 0 Å². The molecule has 0 fully saturated rings. The highest BCUT2D eigenvalue weighted by atomic mass is 32.2. The minimum atomic E-state index is 0.105. The van der Waals surface area contributed by atoms with Crippen molar-refractivity contribution in [3.63, 3.8) is 0 Å². The molecule has 2 aromatic carbocycles. The number of rotatable bonds is 1. The van der Waals surface area contributed by atoms with E-state index in [0.717, 1.165) is 33.1 Å². The topological polar surface area (TPSA) is 26.3 Å². The predicted molar refractivity (Wildman–Crippen MR) is 72.4 cm³/mol. The molecule has 1 aliphatic heterocycles. The first-order chi connectivity index (χ1) is 8.79. The molecule has 2 aromatic rings. The molecule has 0 radical (unpaired) electrons. The van der Waals surface area contributed by atoms with Gasteiger partial charge in [0.15, 0.2) is 5.78 Å². The van der Waals surface area contributed by atoms with Gasteiger partial charge in [-0.2, -0.15) is 0 Å². The Labute approximate surface area is 110 Å². The van der Waals surface area contributed by atoms with Crippen LogP contribution in [0.5, 0.6) is 5.75 Å². The van der Waals surface area contributed by atoms with Crippen LogP contribution in [0.1, 0.15) is 21.5 Å². The van der Waals surface area contributed by atoms with Crippen LogP contribution in [-0.2, 0) is 5.75 Å². The zero-order valence-electron chi connectivity index (χ0n) is 9.97. The summed E-state index contributed by atoms with van der Waals surface area (Å²) in [5.41, 5.74) is 2.68. The molecule has 18 heavy (non-hydrogen) atoms. The van der Waals surface area contributed by atoms with Crippen LogP contribution in [0.2, 0.25) is 0 Å². The Morgan fingerprint density at radius 2 is 1.94 bits per heavy atom. The van der Waals surface area contributed by atoms with Crippen LogP contribution in [0.15, 0.2) is 47.4 Å². The molecule has 1 heterocycles. The Morgan fingerprint density at radius 3 is 2.78 bits per heavy atom. The van der Waals surface area contributed by atoms with Crippen molar-refractivity contribution in [1.29, 1.82) is 0 Å². The van der Waals surface area contributed by atoms with Gasteiger partial charge >= 0.3 is 0 Å². The Bertz CT molecular complexity index is 620. The molecule has 90 valence electrons. The van der Waals surface area contributed by atoms with Gasteiger partial charge in [-0.15, -0.1) is 11.8 Å². The molecule has 0 saturated carbocycles. The molecule has 0 saturated heterocycles. The molecule has 2 nitrogen and oxygen atoms in total. The van der Waals surface area contributed by atoms with Crippen molar-refractivity contribution >= 4 is 17.5 Å². The van der Waals surface area contributed by atoms with Crippen molar-refractivity contribution in [1.82, 2.24) is 0 Å². The average Bonchev–Trinajstić information content (AvgIpc) is 2.57. The van der Waals surface area contributed by atoms with Crippen LogP contribution in [-0.4, -0.2) is 12.9 Å². The Kier molecular flexibility index (Phi) is 2.84. The molecule has 0 aromatic heterocycles. The number of benzene rings is 2. The Balaban J connectivity index is 2.15. The molecule has 0 amide bonds. The van der Waals surface area contributed by atoms with Gasteiger partial charge in [-0.3, -0.25) is 4.79 Å². The van der Waals surface area contributed by atoms with Crippen molar-refractivity contribution in [3.8, 4) is 5.75 Å². The second kappa shape index (κ2) is 4.50. The summed E-state index contributed by atoms with van der Waals surface area (Å²) in [5, 5.41) is 0. The lowest BCUT2D eigenvalue weighted by molar-refractivity contribution is 0.103. The van der Waals surface area contributed by atoms with Crippen LogP contribution in [0, 0.1) is 0 Å². The van der Waals surface area contributed by atoms with E-state index in [-0.39, 0.29) is 5.78 Å². The first-order valence-corrected chi connectivity index (χ1v) is 6.71. The molecule has 0 spiro atoms. The van der Waals surface area contributed by atoms with Crippen molar-refractivity contribution in [3.05, 3.63) is 59.2 Å². The van der Waals surface area contributed by atoms with E-state index >= 15 is 0 Å². The zero-order valence-corrected chi connectivity index (χ0v) is 10.8. The smallest absolute Gasteiger partial charge is 0.194 e. The summed E-state index contributed by atoms with van der Waals surface area (Å²) in [7, 11) is 1.64. The van der Waals surface area contributed by atoms with E-state index in [0.29, 0.717) is 0 Å². The summed E-state index contributed by atoms with van der Waals surface area (Å²) in [5.74, 6) is 1.72. The van der Waals surface area contributed by atoms with E-state index in [4.69, 9.17) is 4.74 Å². The van der Waals surface area contributed by atoms with E-state index in [2.05, 4.69) is 0 Å². The van der Waals surface area contributed by atoms with Crippen LogP contribution >= 0.6 is 11.8 Å². The lowest BCUT2D eigenvalue weighted by atomic mass is 9.99. The quantitative estimate of drug-likeness (QED) is 0.780. The number of thioether (sulfide) groups is 1. The first kappa shape index (κ1) is 11.4. The van der Waals surface area contributed by atoms with Gasteiger partial charge in [0, 0.05) is 21.8 Å². The van der Waals surface area contributed by atoms with Gasteiger partial charge in [0.1, 0.15) is 5.75 Å². The van der Waals surface area contributed by atoms with Crippen LogP contribution in [0.3, 0.4) is 0 Å². The van der Waals surface area contributed by atoms with E-state index < -0.39 is 0 Å². The number of carbonyl (C=O) groups is 1. The highest BCUT2D eigenvalue weighted by Crippen LogP contribution is 2.35.